The van der Waals surface area contributed by atoms with Gasteiger partial charge in [-0.15, -0.1) is 11.8 Å². The number of rotatable bonds is 3. The zero-order chi connectivity index (χ0) is 14.0. The van der Waals surface area contributed by atoms with Crippen molar-refractivity contribution in [1.82, 2.24) is 0 Å². The van der Waals surface area contributed by atoms with E-state index < -0.39 is 5.97 Å². The molecule has 102 valence electrons. The predicted molar refractivity (Wildman–Crippen MR) is 76.4 cm³/mol. The number of thioether (sulfide) groups is 1. The van der Waals surface area contributed by atoms with Crippen molar-refractivity contribution in [3.63, 3.8) is 0 Å². The quantitative estimate of drug-likeness (QED) is 0.863. The Morgan fingerprint density at radius 3 is 2.89 bits per heavy atom. The number of fused-ring (bicyclic) bond motifs is 1. The van der Waals surface area contributed by atoms with Crippen LogP contribution in [0.15, 0.2) is 16.1 Å². The number of benzene rings is 1. The largest absolute Gasteiger partial charge is 0.478 e. The summed E-state index contributed by atoms with van der Waals surface area (Å²) >= 11 is 1.76. The Hall–Kier alpha value is -1.49. The lowest BCUT2D eigenvalue weighted by molar-refractivity contribution is 0.0696. The molecule has 1 aromatic carbocycles. The molecule has 0 bridgehead atoms. The number of hydrogen-bond acceptors (Lipinski definition) is 4. The van der Waals surface area contributed by atoms with Crippen LogP contribution in [0.1, 0.15) is 40.4 Å². The minimum atomic E-state index is -0.894. The van der Waals surface area contributed by atoms with Crippen LogP contribution >= 0.6 is 11.8 Å². The summed E-state index contributed by atoms with van der Waals surface area (Å²) in [7, 11) is 0. The van der Waals surface area contributed by atoms with Crippen molar-refractivity contribution in [3.05, 3.63) is 28.3 Å². The first kappa shape index (κ1) is 13.9. The molecule has 0 fully saturated rings. The van der Waals surface area contributed by atoms with Crippen molar-refractivity contribution >= 4 is 23.4 Å². The number of nitrogens with zero attached hydrogens (tertiary/aromatic N) is 1. The fraction of sp³-hybridized carbons (Fsp3) is 0.429. The van der Waals surface area contributed by atoms with E-state index in [9.17, 15) is 9.90 Å². The number of hydrogen-bond donors (Lipinski definition) is 1. The first-order valence-corrected chi connectivity index (χ1v) is 7.24. The highest BCUT2D eigenvalue weighted by Crippen LogP contribution is 2.36. The molecule has 0 aromatic heterocycles. The summed E-state index contributed by atoms with van der Waals surface area (Å²) in [5.74, 6) is 0.0562. The molecule has 1 aliphatic rings. The van der Waals surface area contributed by atoms with Gasteiger partial charge in [0.1, 0.15) is 6.61 Å². The van der Waals surface area contributed by atoms with E-state index in [0.717, 1.165) is 39.5 Å². The van der Waals surface area contributed by atoms with Gasteiger partial charge in [-0.2, -0.15) is 0 Å². The third-order valence-corrected chi connectivity index (χ3v) is 4.36. The standard InChI is InChI=1S/C14H17NO3S/c1-4-18-15-11-5-6-19-13-8(2)7-10(14(16)17)9(3)12(11)13/h7H,4-6H2,1-3H3,(H,16,17). The zero-order valence-electron chi connectivity index (χ0n) is 11.3. The van der Waals surface area contributed by atoms with Gasteiger partial charge in [0.25, 0.3) is 0 Å². The highest BCUT2D eigenvalue weighted by atomic mass is 32.2. The molecule has 0 atom stereocenters. The Morgan fingerprint density at radius 1 is 1.53 bits per heavy atom. The van der Waals surface area contributed by atoms with Gasteiger partial charge in [0.05, 0.1) is 11.3 Å². The minimum absolute atomic E-state index is 0.350. The highest BCUT2D eigenvalue weighted by Gasteiger charge is 2.24. The van der Waals surface area contributed by atoms with Gasteiger partial charge in [-0.1, -0.05) is 5.16 Å². The van der Waals surface area contributed by atoms with Crippen LogP contribution in [0.25, 0.3) is 0 Å². The topological polar surface area (TPSA) is 58.9 Å². The molecule has 0 unspecified atom stereocenters. The van der Waals surface area contributed by atoms with Crippen molar-refractivity contribution in [2.45, 2.75) is 32.1 Å². The third kappa shape index (κ3) is 2.61. The van der Waals surface area contributed by atoms with Crippen LogP contribution in [0.3, 0.4) is 0 Å². The van der Waals surface area contributed by atoms with E-state index in [-0.39, 0.29) is 0 Å². The average Bonchev–Trinajstić information content (AvgIpc) is 2.39. The molecule has 0 aliphatic carbocycles. The van der Waals surface area contributed by atoms with Crippen LogP contribution in [0, 0.1) is 13.8 Å². The molecular formula is C14H17NO3S. The van der Waals surface area contributed by atoms with Crippen LogP contribution in [0.4, 0.5) is 0 Å². The Bertz CT molecular complexity index is 552. The minimum Gasteiger partial charge on any atom is -0.478 e. The Balaban J connectivity index is 2.63. The van der Waals surface area contributed by atoms with Crippen LogP contribution in [-0.4, -0.2) is 29.1 Å². The van der Waals surface area contributed by atoms with Crippen LogP contribution in [0.2, 0.25) is 0 Å². The monoisotopic (exact) mass is 279 g/mol. The van der Waals surface area contributed by atoms with E-state index in [1.807, 2.05) is 20.8 Å². The molecule has 0 saturated carbocycles. The molecule has 0 amide bonds. The van der Waals surface area contributed by atoms with E-state index >= 15 is 0 Å². The molecule has 1 aliphatic heterocycles. The molecule has 0 spiro atoms. The maximum Gasteiger partial charge on any atom is 0.335 e. The molecule has 1 aromatic rings. The fourth-order valence-electron chi connectivity index (χ4n) is 2.26. The lowest BCUT2D eigenvalue weighted by Crippen LogP contribution is -2.16. The molecule has 19 heavy (non-hydrogen) atoms. The van der Waals surface area contributed by atoms with Gasteiger partial charge in [0.2, 0.25) is 0 Å². The Kier molecular flexibility index (Phi) is 4.14. The van der Waals surface area contributed by atoms with Gasteiger partial charge < -0.3 is 9.94 Å². The summed E-state index contributed by atoms with van der Waals surface area (Å²) in [4.78, 5) is 17.6. The lowest BCUT2D eigenvalue weighted by atomic mass is 9.94. The van der Waals surface area contributed by atoms with Crippen LogP contribution < -0.4 is 0 Å². The second-order valence-corrected chi connectivity index (χ2v) is 5.53. The lowest BCUT2D eigenvalue weighted by Gasteiger charge is -2.22. The van der Waals surface area contributed by atoms with Gasteiger partial charge >= 0.3 is 5.97 Å². The average molecular weight is 279 g/mol. The van der Waals surface area contributed by atoms with Crippen molar-refractivity contribution in [2.75, 3.05) is 12.4 Å². The van der Waals surface area contributed by atoms with E-state index in [0.29, 0.717) is 12.2 Å². The van der Waals surface area contributed by atoms with Crippen molar-refractivity contribution in [2.24, 2.45) is 5.16 Å². The molecule has 0 saturated heterocycles. The molecule has 0 radical (unpaired) electrons. The number of carbonyl (C=O) groups is 1. The van der Waals surface area contributed by atoms with Gasteiger partial charge in [0.15, 0.2) is 0 Å². The maximum absolute atomic E-state index is 11.3. The number of carboxylic acid groups (broad SMARTS) is 1. The van der Waals surface area contributed by atoms with Crippen LogP contribution in [-0.2, 0) is 4.84 Å². The highest BCUT2D eigenvalue weighted by molar-refractivity contribution is 7.99. The number of oxime groups is 1. The SMILES string of the molecule is CCON=C1CCSc2c(C)cc(C(=O)O)c(C)c21. The molecule has 2 rings (SSSR count). The molecular weight excluding hydrogens is 262 g/mol. The van der Waals surface area contributed by atoms with Crippen molar-refractivity contribution in [3.8, 4) is 0 Å². The van der Waals surface area contributed by atoms with Crippen molar-refractivity contribution in [1.29, 1.82) is 0 Å². The van der Waals surface area contributed by atoms with E-state index in [4.69, 9.17) is 4.84 Å². The smallest absolute Gasteiger partial charge is 0.335 e. The Morgan fingerprint density at radius 2 is 2.26 bits per heavy atom. The van der Waals surface area contributed by atoms with Gasteiger partial charge in [0, 0.05) is 22.6 Å². The number of aromatic carboxylic acids is 1. The van der Waals surface area contributed by atoms with Crippen molar-refractivity contribution < 1.29 is 14.7 Å². The summed E-state index contributed by atoms with van der Waals surface area (Å²) in [5.41, 5.74) is 3.93. The Labute approximate surface area is 116 Å². The summed E-state index contributed by atoms with van der Waals surface area (Å²) in [5, 5.41) is 13.4. The number of carboxylic acids is 1. The van der Waals surface area contributed by atoms with E-state index in [1.165, 1.54) is 0 Å². The first-order valence-electron chi connectivity index (χ1n) is 6.25. The second-order valence-electron chi connectivity index (χ2n) is 4.43. The normalized spacial score (nSPS) is 16.3. The van der Waals surface area contributed by atoms with E-state index in [2.05, 4.69) is 5.16 Å². The van der Waals surface area contributed by atoms with Crippen LogP contribution in [0.5, 0.6) is 0 Å². The van der Waals surface area contributed by atoms with Gasteiger partial charge in [-0.3, -0.25) is 0 Å². The molecule has 1 N–H and O–H groups in total. The number of aryl methyl sites for hydroxylation is 1. The molecule has 5 heteroatoms. The summed E-state index contributed by atoms with van der Waals surface area (Å²) in [6, 6.07) is 1.74. The maximum atomic E-state index is 11.3. The van der Waals surface area contributed by atoms with Gasteiger partial charge in [-0.05, 0) is 38.0 Å². The predicted octanol–water partition coefficient (Wildman–Crippen LogP) is 3.24. The summed E-state index contributed by atoms with van der Waals surface area (Å²) in [6.07, 6.45) is 0.807. The van der Waals surface area contributed by atoms with E-state index in [1.54, 1.807) is 17.8 Å². The van der Waals surface area contributed by atoms with Gasteiger partial charge in [-0.25, -0.2) is 4.79 Å². The first-order chi connectivity index (χ1) is 9.06. The molecule has 4 nitrogen and oxygen atoms in total. The third-order valence-electron chi connectivity index (χ3n) is 3.13. The summed E-state index contributed by atoms with van der Waals surface area (Å²) < 4.78 is 0. The second kappa shape index (κ2) is 5.65. The fourth-order valence-corrected chi connectivity index (χ4v) is 3.46. The zero-order valence-corrected chi connectivity index (χ0v) is 12.1. The molecule has 1 heterocycles. The summed E-state index contributed by atoms with van der Waals surface area (Å²) in [6.45, 7) is 6.19.